The first-order chi connectivity index (χ1) is 10.2. The van der Waals surface area contributed by atoms with Gasteiger partial charge in [0.2, 0.25) is 5.91 Å². The number of fused-ring (bicyclic) bond motifs is 1. The Morgan fingerprint density at radius 1 is 1.19 bits per heavy atom. The molecule has 1 amide bonds. The Hall–Kier alpha value is -2.20. The highest BCUT2D eigenvalue weighted by Gasteiger charge is 2.27. The van der Waals surface area contributed by atoms with Crippen molar-refractivity contribution in [3.8, 4) is 0 Å². The van der Waals surface area contributed by atoms with Crippen molar-refractivity contribution >= 4 is 11.6 Å². The van der Waals surface area contributed by atoms with Gasteiger partial charge in [-0.2, -0.15) is 0 Å². The SMILES string of the molecule is O=C(Cc1ccccc1F)N1CCC(O)c2ccccc21. The van der Waals surface area contributed by atoms with Gasteiger partial charge in [-0.05, 0) is 24.1 Å². The fourth-order valence-corrected chi connectivity index (χ4v) is 2.70. The number of carbonyl (C=O) groups is 1. The molecule has 3 nitrogen and oxygen atoms in total. The van der Waals surface area contributed by atoms with E-state index in [1.165, 1.54) is 6.07 Å². The van der Waals surface area contributed by atoms with Crippen LogP contribution in [0.1, 0.15) is 23.7 Å². The number of amides is 1. The molecule has 0 radical (unpaired) electrons. The first kappa shape index (κ1) is 13.8. The average molecular weight is 285 g/mol. The molecule has 0 aromatic heterocycles. The van der Waals surface area contributed by atoms with Crippen LogP contribution >= 0.6 is 0 Å². The maximum atomic E-state index is 13.7. The molecule has 0 fully saturated rings. The van der Waals surface area contributed by atoms with Gasteiger partial charge in [-0.1, -0.05) is 36.4 Å². The molecule has 3 rings (SSSR count). The number of hydrogen-bond donors (Lipinski definition) is 1. The Morgan fingerprint density at radius 3 is 2.71 bits per heavy atom. The smallest absolute Gasteiger partial charge is 0.231 e. The van der Waals surface area contributed by atoms with E-state index in [1.54, 1.807) is 23.1 Å². The Bertz CT molecular complexity index is 671. The van der Waals surface area contributed by atoms with E-state index in [-0.39, 0.29) is 18.1 Å². The zero-order chi connectivity index (χ0) is 14.8. The highest BCUT2D eigenvalue weighted by atomic mass is 19.1. The highest BCUT2D eigenvalue weighted by Crippen LogP contribution is 2.33. The molecule has 1 N–H and O–H groups in total. The summed E-state index contributed by atoms with van der Waals surface area (Å²) in [6, 6.07) is 13.6. The normalized spacial score (nSPS) is 17.4. The molecule has 4 heteroatoms. The largest absolute Gasteiger partial charge is 0.388 e. The lowest BCUT2D eigenvalue weighted by Gasteiger charge is -2.32. The Labute approximate surface area is 122 Å². The van der Waals surface area contributed by atoms with Crippen molar-refractivity contribution in [1.82, 2.24) is 0 Å². The highest BCUT2D eigenvalue weighted by molar-refractivity contribution is 5.96. The van der Waals surface area contributed by atoms with Gasteiger partial charge in [-0.3, -0.25) is 4.79 Å². The van der Waals surface area contributed by atoms with E-state index < -0.39 is 6.10 Å². The third-order valence-electron chi connectivity index (χ3n) is 3.81. The van der Waals surface area contributed by atoms with Gasteiger partial charge in [0.25, 0.3) is 0 Å². The van der Waals surface area contributed by atoms with Crippen LogP contribution in [-0.2, 0) is 11.2 Å². The maximum absolute atomic E-state index is 13.7. The van der Waals surface area contributed by atoms with Crippen molar-refractivity contribution in [2.45, 2.75) is 18.9 Å². The van der Waals surface area contributed by atoms with Crippen LogP contribution in [0, 0.1) is 5.82 Å². The molecule has 0 aliphatic carbocycles. The Kier molecular flexibility index (Phi) is 3.71. The lowest BCUT2D eigenvalue weighted by atomic mass is 9.98. The molecule has 1 unspecified atom stereocenters. The molecule has 0 saturated carbocycles. The summed E-state index contributed by atoms with van der Waals surface area (Å²) in [6.45, 7) is 0.450. The fraction of sp³-hybridized carbons (Fsp3) is 0.235. The molecular formula is C17H16FNO2. The molecule has 1 atom stereocenters. The van der Waals surface area contributed by atoms with Crippen LogP contribution in [0.15, 0.2) is 48.5 Å². The monoisotopic (exact) mass is 285 g/mol. The number of hydrogen-bond acceptors (Lipinski definition) is 2. The Balaban J connectivity index is 1.86. The molecule has 1 aliphatic rings. The van der Waals surface area contributed by atoms with E-state index >= 15 is 0 Å². The van der Waals surface area contributed by atoms with Crippen LogP contribution in [0.2, 0.25) is 0 Å². The molecule has 1 aliphatic heterocycles. The number of benzene rings is 2. The van der Waals surface area contributed by atoms with Crippen molar-refractivity contribution in [1.29, 1.82) is 0 Å². The molecule has 108 valence electrons. The molecule has 2 aromatic carbocycles. The van der Waals surface area contributed by atoms with E-state index in [9.17, 15) is 14.3 Å². The number of halogens is 1. The third-order valence-corrected chi connectivity index (χ3v) is 3.81. The van der Waals surface area contributed by atoms with Crippen LogP contribution in [-0.4, -0.2) is 17.6 Å². The van der Waals surface area contributed by atoms with Crippen molar-refractivity contribution in [2.24, 2.45) is 0 Å². The predicted molar refractivity (Wildman–Crippen MR) is 78.5 cm³/mol. The molecule has 1 heterocycles. The molecular weight excluding hydrogens is 269 g/mol. The van der Waals surface area contributed by atoms with E-state index in [0.717, 1.165) is 11.3 Å². The topological polar surface area (TPSA) is 40.5 Å². The summed E-state index contributed by atoms with van der Waals surface area (Å²) in [7, 11) is 0. The standard InChI is InChI=1S/C17H16FNO2/c18-14-7-3-1-5-12(14)11-17(21)19-10-9-16(20)13-6-2-4-8-15(13)19/h1-8,16,20H,9-11H2. The summed E-state index contributed by atoms with van der Waals surface area (Å²) in [6.07, 6.45) is -0.0179. The van der Waals surface area contributed by atoms with Crippen molar-refractivity contribution < 1.29 is 14.3 Å². The zero-order valence-corrected chi connectivity index (χ0v) is 11.5. The number of carbonyl (C=O) groups excluding carboxylic acids is 1. The van der Waals surface area contributed by atoms with Gasteiger partial charge >= 0.3 is 0 Å². The van der Waals surface area contributed by atoms with Gasteiger partial charge in [0.1, 0.15) is 5.82 Å². The predicted octanol–water partition coefficient (Wildman–Crippen LogP) is 2.84. The van der Waals surface area contributed by atoms with E-state index in [1.807, 2.05) is 24.3 Å². The van der Waals surface area contributed by atoms with Gasteiger partial charge < -0.3 is 10.0 Å². The molecule has 2 aromatic rings. The van der Waals surface area contributed by atoms with Crippen molar-refractivity contribution in [2.75, 3.05) is 11.4 Å². The van der Waals surface area contributed by atoms with E-state index in [0.29, 0.717) is 18.5 Å². The zero-order valence-electron chi connectivity index (χ0n) is 11.5. The van der Waals surface area contributed by atoms with Crippen molar-refractivity contribution in [3.05, 3.63) is 65.5 Å². The minimum absolute atomic E-state index is 0.0249. The first-order valence-corrected chi connectivity index (χ1v) is 6.97. The van der Waals surface area contributed by atoms with Crippen LogP contribution in [0.3, 0.4) is 0 Å². The fourth-order valence-electron chi connectivity index (χ4n) is 2.70. The molecule has 0 spiro atoms. The third kappa shape index (κ3) is 2.67. The summed E-state index contributed by atoms with van der Waals surface area (Å²) < 4.78 is 13.7. The summed E-state index contributed by atoms with van der Waals surface area (Å²) in [5.74, 6) is -0.518. The molecule has 0 saturated heterocycles. The minimum atomic E-state index is -0.543. The van der Waals surface area contributed by atoms with E-state index in [2.05, 4.69) is 0 Å². The number of nitrogens with zero attached hydrogens (tertiary/aromatic N) is 1. The maximum Gasteiger partial charge on any atom is 0.231 e. The number of rotatable bonds is 2. The van der Waals surface area contributed by atoms with Gasteiger partial charge in [0.05, 0.1) is 12.5 Å². The summed E-state index contributed by atoms with van der Waals surface area (Å²) in [5.41, 5.74) is 1.87. The minimum Gasteiger partial charge on any atom is -0.388 e. The van der Waals surface area contributed by atoms with Crippen LogP contribution in [0.25, 0.3) is 0 Å². The van der Waals surface area contributed by atoms with Crippen LogP contribution in [0.4, 0.5) is 10.1 Å². The number of para-hydroxylation sites is 1. The van der Waals surface area contributed by atoms with E-state index in [4.69, 9.17) is 0 Å². The van der Waals surface area contributed by atoms with Gasteiger partial charge in [-0.15, -0.1) is 0 Å². The molecule has 21 heavy (non-hydrogen) atoms. The van der Waals surface area contributed by atoms with Gasteiger partial charge in [-0.25, -0.2) is 4.39 Å². The summed E-state index contributed by atoms with van der Waals surface area (Å²) in [4.78, 5) is 14.1. The molecule has 0 bridgehead atoms. The summed E-state index contributed by atoms with van der Waals surface area (Å²) >= 11 is 0. The lowest BCUT2D eigenvalue weighted by molar-refractivity contribution is -0.118. The van der Waals surface area contributed by atoms with Crippen LogP contribution in [0.5, 0.6) is 0 Å². The number of aliphatic hydroxyl groups is 1. The first-order valence-electron chi connectivity index (χ1n) is 6.97. The quantitative estimate of drug-likeness (QED) is 0.921. The average Bonchev–Trinajstić information content (AvgIpc) is 2.50. The second kappa shape index (κ2) is 5.66. The Morgan fingerprint density at radius 2 is 1.90 bits per heavy atom. The van der Waals surface area contributed by atoms with Gasteiger partial charge in [0.15, 0.2) is 0 Å². The van der Waals surface area contributed by atoms with Gasteiger partial charge in [0, 0.05) is 17.8 Å². The summed E-state index contributed by atoms with van der Waals surface area (Å²) in [5, 5.41) is 10.00. The van der Waals surface area contributed by atoms with Crippen LogP contribution < -0.4 is 4.90 Å². The van der Waals surface area contributed by atoms with Crippen molar-refractivity contribution in [3.63, 3.8) is 0 Å². The number of anilines is 1. The second-order valence-electron chi connectivity index (χ2n) is 5.18. The lowest BCUT2D eigenvalue weighted by Crippen LogP contribution is -2.37. The second-order valence-corrected chi connectivity index (χ2v) is 5.18. The number of aliphatic hydroxyl groups excluding tert-OH is 1.